The lowest BCUT2D eigenvalue weighted by atomic mass is 9.99. The van der Waals surface area contributed by atoms with Crippen molar-refractivity contribution in [2.75, 3.05) is 44.3 Å². The van der Waals surface area contributed by atoms with Gasteiger partial charge in [-0.1, -0.05) is 18.2 Å². The number of anilines is 1. The van der Waals surface area contributed by atoms with Crippen LogP contribution in [0.1, 0.15) is 57.8 Å². The van der Waals surface area contributed by atoms with Crippen LogP contribution in [-0.2, 0) is 11.3 Å². The van der Waals surface area contributed by atoms with Gasteiger partial charge in [-0.3, -0.25) is 14.5 Å². The minimum Gasteiger partial charge on any atom is -0.378 e. The van der Waals surface area contributed by atoms with Crippen molar-refractivity contribution < 1.29 is 14.3 Å². The SMILES string of the molecule is CC1c2cccc(C(N)=O)c2C(=O)N1C1CCN(Cc2cccc(N3CCOCC3)n2)CC1. The molecule has 2 saturated heterocycles. The molecule has 0 bridgehead atoms. The first-order valence-electron chi connectivity index (χ1n) is 11.8. The molecule has 2 amide bonds. The Morgan fingerprint density at radius 2 is 1.82 bits per heavy atom. The molecule has 0 saturated carbocycles. The number of benzene rings is 1. The fourth-order valence-electron chi connectivity index (χ4n) is 5.41. The summed E-state index contributed by atoms with van der Waals surface area (Å²) in [5.74, 6) is 0.409. The Morgan fingerprint density at radius 1 is 1.09 bits per heavy atom. The highest BCUT2D eigenvalue weighted by Gasteiger charge is 2.41. The molecule has 3 aliphatic heterocycles. The molecule has 8 heteroatoms. The number of likely N-dealkylation sites (tertiary alicyclic amines) is 1. The number of rotatable bonds is 5. The molecule has 1 unspecified atom stereocenters. The fourth-order valence-corrected chi connectivity index (χ4v) is 5.41. The van der Waals surface area contributed by atoms with Crippen molar-refractivity contribution in [3.63, 3.8) is 0 Å². The summed E-state index contributed by atoms with van der Waals surface area (Å²) in [6.07, 6.45) is 1.80. The van der Waals surface area contributed by atoms with Crippen molar-refractivity contribution in [3.05, 3.63) is 58.8 Å². The van der Waals surface area contributed by atoms with Crippen LogP contribution in [0.25, 0.3) is 0 Å². The largest absolute Gasteiger partial charge is 0.378 e. The van der Waals surface area contributed by atoms with E-state index in [-0.39, 0.29) is 18.0 Å². The van der Waals surface area contributed by atoms with Crippen LogP contribution in [0.4, 0.5) is 5.82 Å². The van der Waals surface area contributed by atoms with Gasteiger partial charge in [-0.05, 0) is 43.5 Å². The average molecular weight is 450 g/mol. The van der Waals surface area contributed by atoms with Crippen molar-refractivity contribution in [1.29, 1.82) is 0 Å². The van der Waals surface area contributed by atoms with E-state index in [4.69, 9.17) is 15.5 Å². The van der Waals surface area contributed by atoms with Gasteiger partial charge >= 0.3 is 0 Å². The van der Waals surface area contributed by atoms with Gasteiger partial charge in [0.05, 0.1) is 36.1 Å². The third-order valence-corrected chi connectivity index (χ3v) is 7.14. The molecule has 1 atom stereocenters. The predicted molar refractivity (Wildman–Crippen MR) is 125 cm³/mol. The van der Waals surface area contributed by atoms with Crippen molar-refractivity contribution in [2.24, 2.45) is 5.73 Å². The fraction of sp³-hybridized carbons (Fsp3) is 0.480. The van der Waals surface area contributed by atoms with Crippen LogP contribution >= 0.6 is 0 Å². The molecule has 8 nitrogen and oxygen atoms in total. The Balaban J connectivity index is 1.23. The van der Waals surface area contributed by atoms with Crippen LogP contribution in [0.15, 0.2) is 36.4 Å². The van der Waals surface area contributed by atoms with Crippen LogP contribution in [0.3, 0.4) is 0 Å². The summed E-state index contributed by atoms with van der Waals surface area (Å²) >= 11 is 0. The van der Waals surface area contributed by atoms with Gasteiger partial charge in [-0.25, -0.2) is 4.98 Å². The number of primary amides is 1. The van der Waals surface area contributed by atoms with Crippen LogP contribution in [0.5, 0.6) is 0 Å². The molecule has 1 aromatic carbocycles. The highest BCUT2D eigenvalue weighted by molar-refractivity contribution is 6.09. The van der Waals surface area contributed by atoms with Crippen LogP contribution in [-0.4, -0.2) is 72.0 Å². The zero-order valence-corrected chi connectivity index (χ0v) is 19.1. The topological polar surface area (TPSA) is 92.0 Å². The number of hydrogen-bond acceptors (Lipinski definition) is 6. The summed E-state index contributed by atoms with van der Waals surface area (Å²) in [4.78, 5) is 36.7. The standard InChI is InChI=1S/C25H31N5O3/c1-17-20-5-3-6-21(24(26)31)23(20)25(32)30(17)19-8-10-28(11-9-19)16-18-4-2-7-22(27-18)29-12-14-33-15-13-29/h2-7,17,19H,8-16H2,1H3,(H2,26,31). The molecule has 1 aromatic heterocycles. The van der Waals surface area contributed by atoms with Crippen molar-refractivity contribution in [2.45, 2.75) is 38.4 Å². The Labute approximate surface area is 194 Å². The predicted octanol–water partition coefficient (Wildman–Crippen LogP) is 2.20. The Bertz CT molecular complexity index is 1040. The average Bonchev–Trinajstić information content (AvgIpc) is 3.10. The van der Waals surface area contributed by atoms with Gasteiger partial charge in [0.25, 0.3) is 5.91 Å². The second-order valence-corrected chi connectivity index (χ2v) is 9.12. The Kier molecular flexibility index (Phi) is 6.03. The molecular weight excluding hydrogens is 418 g/mol. The number of aromatic nitrogens is 1. The van der Waals surface area contributed by atoms with Crippen LogP contribution in [0.2, 0.25) is 0 Å². The molecule has 4 heterocycles. The number of hydrogen-bond donors (Lipinski definition) is 1. The molecule has 3 aliphatic rings. The lowest BCUT2D eigenvalue weighted by molar-refractivity contribution is 0.0509. The van der Waals surface area contributed by atoms with E-state index in [9.17, 15) is 9.59 Å². The molecule has 5 rings (SSSR count). The minimum absolute atomic E-state index is 0.0461. The number of nitrogens with zero attached hydrogens (tertiary/aromatic N) is 4. The summed E-state index contributed by atoms with van der Waals surface area (Å²) in [6.45, 7) is 7.92. The second-order valence-electron chi connectivity index (χ2n) is 9.12. The first-order chi connectivity index (χ1) is 16.0. The zero-order valence-electron chi connectivity index (χ0n) is 19.1. The van der Waals surface area contributed by atoms with Crippen LogP contribution in [0, 0.1) is 0 Å². The van der Waals surface area contributed by atoms with Gasteiger partial charge in [-0.2, -0.15) is 0 Å². The summed E-state index contributed by atoms with van der Waals surface area (Å²) in [6, 6.07) is 11.7. The number of amides is 2. The van der Waals surface area contributed by atoms with E-state index in [0.717, 1.165) is 75.9 Å². The number of pyridine rings is 1. The number of ether oxygens (including phenoxy) is 1. The van der Waals surface area contributed by atoms with Crippen molar-refractivity contribution in [3.8, 4) is 0 Å². The number of piperidine rings is 1. The van der Waals surface area contributed by atoms with Gasteiger partial charge in [0.1, 0.15) is 5.82 Å². The minimum atomic E-state index is -0.545. The molecule has 0 radical (unpaired) electrons. The van der Waals surface area contributed by atoms with E-state index < -0.39 is 5.91 Å². The molecule has 33 heavy (non-hydrogen) atoms. The van der Waals surface area contributed by atoms with Gasteiger partial charge in [0.2, 0.25) is 5.91 Å². The third kappa shape index (κ3) is 4.20. The summed E-state index contributed by atoms with van der Waals surface area (Å²) < 4.78 is 5.45. The second kappa shape index (κ2) is 9.11. The summed E-state index contributed by atoms with van der Waals surface area (Å²) in [7, 11) is 0. The Hall–Kier alpha value is -2.97. The van der Waals surface area contributed by atoms with Crippen molar-refractivity contribution in [1.82, 2.24) is 14.8 Å². The highest BCUT2D eigenvalue weighted by atomic mass is 16.5. The maximum Gasteiger partial charge on any atom is 0.255 e. The summed E-state index contributed by atoms with van der Waals surface area (Å²) in [5.41, 5.74) is 8.33. The molecular formula is C25H31N5O3. The normalized spacial score (nSPS) is 22.0. The quantitative estimate of drug-likeness (QED) is 0.753. The van der Waals surface area contributed by atoms with E-state index in [1.165, 1.54) is 0 Å². The van der Waals surface area contributed by atoms with E-state index in [1.807, 2.05) is 24.0 Å². The number of fused-ring (bicyclic) bond motifs is 1. The summed E-state index contributed by atoms with van der Waals surface area (Å²) in [5, 5.41) is 0. The maximum atomic E-state index is 13.3. The third-order valence-electron chi connectivity index (χ3n) is 7.14. The van der Waals surface area contributed by atoms with Crippen molar-refractivity contribution >= 4 is 17.6 Å². The van der Waals surface area contributed by atoms with E-state index in [0.29, 0.717) is 11.1 Å². The number of carbonyl (C=O) groups is 2. The van der Waals surface area contributed by atoms with Crippen LogP contribution < -0.4 is 10.6 Å². The number of nitrogens with two attached hydrogens (primary N) is 1. The number of carbonyl (C=O) groups excluding carboxylic acids is 2. The van der Waals surface area contributed by atoms with E-state index in [2.05, 4.69) is 28.0 Å². The molecule has 174 valence electrons. The van der Waals surface area contributed by atoms with Gasteiger partial charge in [-0.15, -0.1) is 0 Å². The zero-order chi connectivity index (χ0) is 22.9. The first-order valence-corrected chi connectivity index (χ1v) is 11.8. The smallest absolute Gasteiger partial charge is 0.255 e. The lowest BCUT2D eigenvalue weighted by Crippen LogP contribution is -2.46. The lowest BCUT2D eigenvalue weighted by Gasteiger charge is -2.38. The molecule has 2 N–H and O–H groups in total. The van der Waals surface area contributed by atoms with Gasteiger partial charge < -0.3 is 20.3 Å². The molecule has 0 spiro atoms. The van der Waals surface area contributed by atoms with E-state index >= 15 is 0 Å². The molecule has 2 aromatic rings. The molecule has 0 aliphatic carbocycles. The highest BCUT2D eigenvalue weighted by Crippen LogP contribution is 2.38. The van der Waals surface area contributed by atoms with Gasteiger partial charge in [0.15, 0.2) is 0 Å². The monoisotopic (exact) mass is 449 g/mol. The maximum absolute atomic E-state index is 13.3. The molecule has 2 fully saturated rings. The number of morpholine rings is 1. The van der Waals surface area contributed by atoms with E-state index in [1.54, 1.807) is 6.07 Å². The van der Waals surface area contributed by atoms with Gasteiger partial charge in [0, 0.05) is 38.8 Å². The Morgan fingerprint density at radius 3 is 2.55 bits per heavy atom. The first kappa shape index (κ1) is 21.9.